The Morgan fingerprint density at radius 1 is 1.16 bits per heavy atom. The minimum absolute atomic E-state index is 0.0460. The Labute approximate surface area is 189 Å². The van der Waals surface area contributed by atoms with Crippen LogP contribution in [0, 0.1) is 18.3 Å². The lowest BCUT2D eigenvalue weighted by molar-refractivity contribution is 0.0382. The van der Waals surface area contributed by atoms with Gasteiger partial charge in [0.15, 0.2) is 0 Å². The van der Waals surface area contributed by atoms with E-state index in [1.54, 1.807) is 4.68 Å². The van der Waals surface area contributed by atoms with Crippen LogP contribution in [0.3, 0.4) is 0 Å². The van der Waals surface area contributed by atoms with Gasteiger partial charge in [0, 0.05) is 30.3 Å². The molecule has 164 valence electrons. The number of aliphatic hydroxyl groups excluding tert-OH is 1. The fraction of sp³-hybridized carbons (Fsp3) is 0.440. The summed E-state index contributed by atoms with van der Waals surface area (Å²) < 4.78 is 1.79. The Morgan fingerprint density at radius 2 is 1.94 bits per heavy atom. The number of likely N-dealkylation sites (tertiary alicyclic amines) is 1. The molecule has 1 fully saturated rings. The summed E-state index contributed by atoms with van der Waals surface area (Å²) in [7, 11) is 0. The number of halogens is 1. The number of aromatic nitrogens is 3. The molecule has 0 radical (unpaired) electrons. The molecule has 1 aromatic heterocycles. The predicted molar refractivity (Wildman–Crippen MR) is 125 cm³/mol. The number of benzene rings is 2. The average molecular weight is 439 g/mol. The normalized spacial score (nSPS) is 17.8. The number of piperidine rings is 1. The molecule has 3 aromatic rings. The topological polar surface area (TPSA) is 54.2 Å². The summed E-state index contributed by atoms with van der Waals surface area (Å²) in [5, 5.41) is 19.1. The van der Waals surface area contributed by atoms with E-state index >= 15 is 0 Å². The van der Waals surface area contributed by atoms with E-state index in [1.807, 2.05) is 24.4 Å². The zero-order valence-electron chi connectivity index (χ0n) is 18.6. The third-order valence-electron chi connectivity index (χ3n) is 6.55. The number of aryl methyl sites for hydroxylation is 1. The van der Waals surface area contributed by atoms with Crippen LogP contribution in [0.4, 0.5) is 0 Å². The van der Waals surface area contributed by atoms with Gasteiger partial charge in [0.1, 0.15) is 5.69 Å². The highest BCUT2D eigenvalue weighted by Gasteiger charge is 2.32. The highest BCUT2D eigenvalue weighted by Crippen LogP contribution is 2.34. The zero-order valence-corrected chi connectivity index (χ0v) is 19.3. The van der Waals surface area contributed by atoms with Crippen molar-refractivity contribution in [3.8, 4) is 16.9 Å². The van der Waals surface area contributed by atoms with Crippen molar-refractivity contribution in [2.24, 2.45) is 11.3 Å². The van der Waals surface area contributed by atoms with Crippen LogP contribution in [-0.2, 0) is 6.54 Å². The average Bonchev–Trinajstić information content (AvgIpc) is 3.26. The van der Waals surface area contributed by atoms with E-state index < -0.39 is 0 Å². The Morgan fingerprint density at radius 3 is 2.65 bits per heavy atom. The molecule has 1 aliphatic rings. The van der Waals surface area contributed by atoms with Crippen molar-refractivity contribution >= 4 is 11.6 Å². The van der Waals surface area contributed by atoms with Crippen LogP contribution < -0.4 is 0 Å². The molecule has 0 amide bonds. The zero-order chi connectivity index (χ0) is 22.0. The van der Waals surface area contributed by atoms with Crippen LogP contribution in [0.5, 0.6) is 0 Å². The highest BCUT2D eigenvalue weighted by atomic mass is 35.5. The first-order chi connectivity index (χ1) is 14.9. The van der Waals surface area contributed by atoms with Gasteiger partial charge in [0.2, 0.25) is 0 Å². The molecular formula is C25H31ClN4O. The minimum atomic E-state index is -0.0460. The number of rotatable bonds is 6. The number of hydrogen-bond acceptors (Lipinski definition) is 4. The molecule has 0 spiro atoms. The van der Waals surface area contributed by atoms with Crippen molar-refractivity contribution in [3.63, 3.8) is 0 Å². The smallest absolute Gasteiger partial charge is 0.113 e. The van der Waals surface area contributed by atoms with Gasteiger partial charge in [0.25, 0.3) is 0 Å². The Hall–Kier alpha value is -2.21. The van der Waals surface area contributed by atoms with Gasteiger partial charge >= 0.3 is 0 Å². The summed E-state index contributed by atoms with van der Waals surface area (Å²) in [6.07, 6.45) is 4.27. The van der Waals surface area contributed by atoms with Crippen molar-refractivity contribution in [3.05, 3.63) is 64.8 Å². The van der Waals surface area contributed by atoms with Crippen molar-refractivity contribution in [1.29, 1.82) is 0 Å². The lowest BCUT2D eigenvalue weighted by atomic mass is 9.75. The van der Waals surface area contributed by atoms with Crippen LogP contribution in [0.25, 0.3) is 16.9 Å². The van der Waals surface area contributed by atoms with Gasteiger partial charge in [-0.25, -0.2) is 4.68 Å². The lowest BCUT2D eigenvalue weighted by Crippen LogP contribution is -2.42. The van der Waals surface area contributed by atoms with Crippen LogP contribution in [0.15, 0.2) is 48.7 Å². The fourth-order valence-corrected chi connectivity index (χ4v) is 4.50. The fourth-order valence-electron chi connectivity index (χ4n) is 4.26. The van der Waals surface area contributed by atoms with Gasteiger partial charge in [-0.05, 0) is 61.4 Å². The molecule has 2 aromatic carbocycles. The summed E-state index contributed by atoms with van der Waals surface area (Å²) in [4.78, 5) is 2.46. The summed E-state index contributed by atoms with van der Waals surface area (Å²) in [6.45, 7) is 9.51. The molecule has 4 rings (SSSR count). The second-order valence-electron chi connectivity index (χ2n) is 9.41. The Kier molecular flexibility index (Phi) is 6.47. The number of aliphatic hydroxyl groups is 1. The standard InChI is InChI=1S/C25H31ClN4O/c1-18-6-10-22(11-7-18)30-16-24(27-28-30)19-8-9-20(23(26)13-19)14-29-12-4-5-21(15-29)25(2,3)17-31/h6-11,13,16,21,31H,4-5,12,14-15,17H2,1-3H3/t21-/m0/s1. The van der Waals surface area contributed by atoms with Crippen molar-refractivity contribution in [2.45, 2.75) is 40.2 Å². The number of nitrogens with zero attached hydrogens (tertiary/aromatic N) is 4. The molecule has 5 nitrogen and oxygen atoms in total. The maximum Gasteiger partial charge on any atom is 0.113 e. The summed E-state index contributed by atoms with van der Waals surface area (Å²) in [5.74, 6) is 0.501. The quantitative estimate of drug-likeness (QED) is 0.579. The third kappa shape index (κ3) is 5.00. The van der Waals surface area contributed by atoms with E-state index in [-0.39, 0.29) is 12.0 Å². The molecule has 1 N–H and O–H groups in total. The largest absolute Gasteiger partial charge is 0.396 e. The molecule has 0 aliphatic carbocycles. The SMILES string of the molecule is Cc1ccc(-n2cc(-c3ccc(CN4CCC[C@H](C(C)(C)CO)C4)c(Cl)c3)nn2)cc1. The van der Waals surface area contributed by atoms with E-state index in [2.05, 4.69) is 60.2 Å². The van der Waals surface area contributed by atoms with Crippen LogP contribution in [0.2, 0.25) is 5.02 Å². The molecule has 0 unspecified atom stereocenters. The third-order valence-corrected chi connectivity index (χ3v) is 6.90. The summed E-state index contributed by atoms with van der Waals surface area (Å²) in [6, 6.07) is 14.4. The van der Waals surface area contributed by atoms with Crippen molar-refractivity contribution in [2.75, 3.05) is 19.7 Å². The maximum absolute atomic E-state index is 9.74. The van der Waals surface area contributed by atoms with Crippen LogP contribution in [0.1, 0.15) is 37.8 Å². The predicted octanol–water partition coefficient (Wildman–Crippen LogP) is 5.13. The second kappa shape index (κ2) is 9.11. The van der Waals surface area contributed by atoms with E-state index in [0.717, 1.165) is 53.6 Å². The van der Waals surface area contributed by atoms with Crippen molar-refractivity contribution in [1.82, 2.24) is 19.9 Å². The molecule has 6 heteroatoms. The molecule has 0 bridgehead atoms. The Bertz CT molecular complexity index is 1030. The number of hydrogen-bond donors (Lipinski definition) is 1. The van der Waals surface area contributed by atoms with Gasteiger partial charge in [0.05, 0.1) is 11.9 Å². The molecule has 2 heterocycles. The van der Waals surface area contributed by atoms with Crippen LogP contribution in [-0.4, -0.2) is 44.7 Å². The van der Waals surface area contributed by atoms with E-state index in [9.17, 15) is 5.11 Å². The van der Waals surface area contributed by atoms with E-state index in [4.69, 9.17) is 11.6 Å². The molecule has 31 heavy (non-hydrogen) atoms. The van der Waals surface area contributed by atoms with Gasteiger partial charge in [-0.15, -0.1) is 5.10 Å². The van der Waals surface area contributed by atoms with Gasteiger partial charge < -0.3 is 5.11 Å². The van der Waals surface area contributed by atoms with Gasteiger partial charge in [-0.1, -0.05) is 60.5 Å². The summed E-state index contributed by atoms with van der Waals surface area (Å²) in [5.41, 5.74) is 5.04. The van der Waals surface area contributed by atoms with Gasteiger partial charge in [-0.3, -0.25) is 4.90 Å². The first kappa shape index (κ1) is 22.0. The molecule has 1 aliphatic heterocycles. The lowest BCUT2D eigenvalue weighted by Gasteiger charge is -2.40. The molecule has 1 saturated heterocycles. The first-order valence-corrected chi connectivity index (χ1v) is 11.3. The molecule has 0 saturated carbocycles. The highest BCUT2D eigenvalue weighted by molar-refractivity contribution is 6.31. The van der Waals surface area contributed by atoms with E-state index in [1.165, 1.54) is 12.0 Å². The van der Waals surface area contributed by atoms with Crippen molar-refractivity contribution < 1.29 is 5.11 Å². The monoisotopic (exact) mass is 438 g/mol. The molecular weight excluding hydrogens is 408 g/mol. The van der Waals surface area contributed by atoms with E-state index in [0.29, 0.717) is 5.92 Å². The Balaban J connectivity index is 1.47. The maximum atomic E-state index is 9.74. The minimum Gasteiger partial charge on any atom is -0.396 e. The second-order valence-corrected chi connectivity index (χ2v) is 9.82. The first-order valence-electron chi connectivity index (χ1n) is 11.0. The van der Waals surface area contributed by atoms with Gasteiger partial charge in [-0.2, -0.15) is 0 Å². The van der Waals surface area contributed by atoms with Crippen LogP contribution >= 0.6 is 11.6 Å². The molecule has 1 atom stereocenters. The summed E-state index contributed by atoms with van der Waals surface area (Å²) >= 11 is 6.67.